The maximum Gasteiger partial charge on any atom is 0.231 e. The molecular weight excluding hydrogens is 346 g/mol. The first-order valence-corrected chi connectivity index (χ1v) is 7.81. The molecule has 1 atom stereocenters. The highest BCUT2D eigenvalue weighted by Gasteiger charge is 2.26. The molecule has 0 aliphatic carbocycles. The van der Waals surface area contributed by atoms with Gasteiger partial charge in [-0.25, -0.2) is 0 Å². The molecule has 0 saturated heterocycles. The topological polar surface area (TPSA) is 47.6 Å². The normalized spacial score (nSPS) is 16.4. The van der Waals surface area contributed by atoms with Crippen molar-refractivity contribution in [3.05, 3.63) is 52.5 Å². The Balaban J connectivity index is 1.70. The Morgan fingerprint density at radius 3 is 2.77 bits per heavy atom. The lowest BCUT2D eigenvalue weighted by Gasteiger charge is -2.25. The summed E-state index contributed by atoms with van der Waals surface area (Å²) in [7, 11) is 1.63. The van der Waals surface area contributed by atoms with E-state index in [2.05, 4.69) is 21.2 Å². The van der Waals surface area contributed by atoms with Crippen LogP contribution >= 0.6 is 15.9 Å². The maximum absolute atomic E-state index is 12.4. The van der Waals surface area contributed by atoms with Gasteiger partial charge in [-0.2, -0.15) is 0 Å². The predicted molar refractivity (Wildman–Crippen MR) is 88.5 cm³/mol. The molecule has 1 heterocycles. The molecule has 0 fully saturated rings. The summed E-state index contributed by atoms with van der Waals surface area (Å²) in [6.45, 7) is 0.391. The largest absolute Gasteiger partial charge is 0.497 e. The van der Waals surface area contributed by atoms with Gasteiger partial charge in [0.1, 0.15) is 18.1 Å². The molecule has 2 aromatic carbocycles. The zero-order chi connectivity index (χ0) is 15.5. The number of carbonyl (C=O) groups is 1. The smallest absolute Gasteiger partial charge is 0.231 e. The van der Waals surface area contributed by atoms with Crippen LogP contribution in [0.1, 0.15) is 5.56 Å². The Hall–Kier alpha value is -2.01. The van der Waals surface area contributed by atoms with E-state index in [9.17, 15) is 4.79 Å². The number of amides is 1. The molecule has 1 N–H and O–H groups in total. The first-order valence-electron chi connectivity index (χ1n) is 7.02. The summed E-state index contributed by atoms with van der Waals surface area (Å²) in [4.78, 5) is 12.4. The molecule has 1 aliphatic heterocycles. The van der Waals surface area contributed by atoms with Gasteiger partial charge in [-0.1, -0.05) is 15.9 Å². The average molecular weight is 362 g/mol. The van der Waals surface area contributed by atoms with Crippen LogP contribution in [0.15, 0.2) is 46.9 Å². The summed E-state index contributed by atoms with van der Waals surface area (Å²) < 4.78 is 11.9. The number of halogens is 1. The number of hydrogen-bond acceptors (Lipinski definition) is 3. The highest BCUT2D eigenvalue weighted by atomic mass is 79.9. The number of anilines is 1. The molecule has 0 aromatic heterocycles. The lowest BCUT2D eigenvalue weighted by molar-refractivity contribution is -0.121. The Morgan fingerprint density at radius 2 is 2.05 bits per heavy atom. The number of nitrogens with one attached hydrogen (secondary N) is 1. The third-order valence-corrected chi connectivity index (χ3v) is 4.19. The molecule has 4 nitrogen and oxygen atoms in total. The van der Waals surface area contributed by atoms with Gasteiger partial charge in [0.2, 0.25) is 5.91 Å². The van der Waals surface area contributed by atoms with Gasteiger partial charge in [0.15, 0.2) is 0 Å². The second-order valence-corrected chi connectivity index (χ2v) is 6.10. The van der Waals surface area contributed by atoms with E-state index in [1.165, 1.54) is 0 Å². The van der Waals surface area contributed by atoms with Gasteiger partial charge in [-0.05, 0) is 54.4 Å². The van der Waals surface area contributed by atoms with Crippen LogP contribution in [-0.2, 0) is 11.2 Å². The lowest BCUT2D eigenvalue weighted by atomic mass is 9.95. The van der Waals surface area contributed by atoms with E-state index in [4.69, 9.17) is 9.47 Å². The van der Waals surface area contributed by atoms with Crippen LogP contribution in [0.4, 0.5) is 5.69 Å². The van der Waals surface area contributed by atoms with E-state index in [0.29, 0.717) is 13.0 Å². The lowest BCUT2D eigenvalue weighted by Crippen LogP contribution is -2.32. The Morgan fingerprint density at radius 1 is 1.27 bits per heavy atom. The third-order valence-electron chi connectivity index (χ3n) is 3.66. The molecule has 5 heteroatoms. The van der Waals surface area contributed by atoms with Crippen molar-refractivity contribution in [1.29, 1.82) is 0 Å². The van der Waals surface area contributed by atoms with Crippen molar-refractivity contribution in [3.8, 4) is 11.5 Å². The van der Waals surface area contributed by atoms with Crippen LogP contribution in [0.2, 0.25) is 0 Å². The first-order chi connectivity index (χ1) is 10.7. The number of ether oxygens (including phenoxy) is 2. The van der Waals surface area contributed by atoms with Crippen molar-refractivity contribution in [3.63, 3.8) is 0 Å². The van der Waals surface area contributed by atoms with Gasteiger partial charge in [0, 0.05) is 10.2 Å². The molecule has 1 unspecified atom stereocenters. The van der Waals surface area contributed by atoms with Crippen LogP contribution in [0, 0.1) is 5.92 Å². The van der Waals surface area contributed by atoms with Crippen molar-refractivity contribution >= 4 is 27.5 Å². The summed E-state index contributed by atoms with van der Waals surface area (Å²) in [5.41, 5.74) is 1.78. The molecular formula is C17H16BrNO3. The number of methoxy groups -OCH3 is 1. The molecule has 0 spiro atoms. The molecule has 2 aromatic rings. The van der Waals surface area contributed by atoms with Crippen LogP contribution in [0.25, 0.3) is 0 Å². The highest BCUT2D eigenvalue weighted by Crippen LogP contribution is 2.31. The summed E-state index contributed by atoms with van der Waals surface area (Å²) in [6, 6.07) is 13.2. The minimum absolute atomic E-state index is 0.0317. The van der Waals surface area contributed by atoms with Crippen molar-refractivity contribution in [2.45, 2.75) is 6.42 Å². The summed E-state index contributed by atoms with van der Waals surface area (Å²) in [6.07, 6.45) is 0.648. The predicted octanol–water partition coefficient (Wildman–Crippen LogP) is 3.65. The molecule has 3 rings (SSSR count). The van der Waals surface area contributed by atoms with Gasteiger partial charge in [-0.3, -0.25) is 4.79 Å². The highest BCUT2D eigenvalue weighted by molar-refractivity contribution is 9.10. The fourth-order valence-electron chi connectivity index (χ4n) is 2.44. The zero-order valence-electron chi connectivity index (χ0n) is 12.1. The minimum atomic E-state index is -0.205. The monoisotopic (exact) mass is 361 g/mol. The number of benzene rings is 2. The van der Waals surface area contributed by atoms with E-state index in [-0.39, 0.29) is 11.8 Å². The van der Waals surface area contributed by atoms with Gasteiger partial charge < -0.3 is 14.8 Å². The summed E-state index contributed by atoms with van der Waals surface area (Å²) in [5.74, 6) is 1.36. The standard InChI is InChI=1S/C17H16BrNO3/c1-21-15-6-7-16-11(9-15)8-12(10-22-16)17(20)19-14-4-2-13(18)3-5-14/h2-7,9,12H,8,10H2,1H3,(H,19,20). The van der Waals surface area contributed by atoms with E-state index in [0.717, 1.165) is 27.2 Å². The van der Waals surface area contributed by atoms with Crippen LogP contribution in [-0.4, -0.2) is 19.6 Å². The van der Waals surface area contributed by atoms with Gasteiger partial charge >= 0.3 is 0 Å². The van der Waals surface area contributed by atoms with E-state index in [1.807, 2.05) is 42.5 Å². The SMILES string of the molecule is COc1ccc2c(c1)CC(C(=O)Nc1ccc(Br)cc1)CO2. The Kier molecular flexibility index (Phi) is 4.34. The summed E-state index contributed by atoms with van der Waals surface area (Å²) in [5, 5.41) is 2.93. The molecule has 22 heavy (non-hydrogen) atoms. The summed E-state index contributed by atoms with van der Waals surface area (Å²) >= 11 is 3.38. The maximum atomic E-state index is 12.4. The number of hydrogen-bond donors (Lipinski definition) is 1. The zero-order valence-corrected chi connectivity index (χ0v) is 13.7. The van der Waals surface area contributed by atoms with Gasteiger partial charge in [0.25, 0.3) is 0 Å². The first kappa shape index (κ1) is 14.9. The van der Waals surface area contributed by atoms with E-state index in [1.54, 1.807) is 7.11 Å². The molecule has 0 radical (unpaired) electrons. The molecule has 1 amide bonds. The van der Waals surface area contributed by atoms with Crippen LogP contribution in [0.5, 0.6) is 11.5 Å². The number of fused-ring (bicyclic) bond motifs is 1. The van der Waals surface area contributed by atoms with E-state index < -0.39 is 0 Å². The molecule has 114 valence electrons. The van der Waals surface area contributed by atoms with Crippen LogP contribution < -0.4 is 14.8 Å². The van der Waals surface area contributed by atoms with Crippen molar-refractivity contribution in [1.82, 2.24) is 0 Å². The van der Waals surface area contributed by atoms with Crippen molar-refractivity contribution < 1.29 is 14.3 Å². The number of rotatable bonds is 3. The second-order valence-electron chi connectivity index (χ2n) is 5.18. The Labute approximate surface area is 137 Å². The van der Waals surface area contributed by atoms with Gasteiger partial charge in [0.05, 0.1) is 13.0 Å². The second kappa shape index (κ2) is 6.40. The van der Waals surface area contributed by atoms with Crippen molar-refractivity contribution in [2.24, 2.45) is 5.92 Å². The fourth-order valence-corrected chi connectivity index (χ4v) is 2.71. The van der Waals surface area contributed by atoms with Gasteiger partial charge in [-0.15, -0.1) is 0 Å². The van der Waals surface area contributed by atoms with Crippen molar-refractivity contribution in [2.75, 3.05) is 19.0 Å². The van der Waals surface area contributed by atoms with E-state index >= 15 is 0 Å². The molecule has 0 bridgehead atoms. The Bertz CT molecular complexity index is 685. The number of carbonyl (C=O) groups excluding carboxylic acids is 1. The quantitative estimate of drug-likeness (QED) is 0.907. The fraction of sp³-hybridized carbons (Fsp3) is 0.235. The third kappa shape index (κ3) is 3.25. The molecule has 0 saturated carbocycles. The molecule has 1 aliphatic rings. The minimum Gasteiger partial charge on any atom is -0.497 e. The average Bonchev–Trinajstić information content (AvgIpc) is 2.55. The van der Waals surface area contributed by atoms with Crippen LogP contribution in [0.3, 0.4) is 0 Å².